The average molecular weight is 483 g/mol. The normalized spacial score (nSPS) is 24.4. The molecule has 0 radical (unpaired) electrons. The molecule has 7 heteroatoms. The molecule has 1 saturated heterocycles. The second-order valence-corrected chi connectivity index (χ2v) is 10.3. The number of aldehydes is 1. The van der Waals surface area contributed by atoms with Crippen LogP contribution in [0, 0.1) is 11.8 Å². The highest BCUT2D eigenvalue weighted by molar-refractivity contribution is 8.05. The number of carbonyl (C=O) groups excluding carboxylic acids is 3. The lowest BCUT2D eigenvalue weighted by molar-refractivity contribution is -0.130. The first kappa shape index (κ1) is 24.0. The van der Waals surface area contributed by atoms with Crippen molar-refractivity contribution in [2.24, 2.45) is 11.8 Å². The van der Waals surface area contributed by atoms with Gasteiger partial charge in [-0.25, -0.2) is 0 Å². The van der Waals surface area contributed by atoms with Crippen molar-refractivity contribution in [1.82, 2.24) is 10.2 Å². The van der Waals surface area contributed by atoms with E-state index in [2.05, 4.69) is 29.6 Å². The molecule has 1 aromatic carbocycles. The van der Waals surface area contributed by atoms with Crippen LogP contribution in [0.5, 0.6) is 0 Å². The molecule has 2 heterocycles. The fourth-order valence-electron chi connectivity index (χ4n) is 5.00. The molecule has 4 rings (SSSR count). The van der Waals surface area contributed by atoms with E-state index in [4.69, 9.17) is 12.2 Å². The highest BCUT2D eigenvalue weighted by atomic mass is 32.2. The maximum Gasteiger partial charge on any atom is 0.231 e. The van der Waals surface area contributed by atoms with Gasteiger partial charge in [0.15, 0.2) is 5.78 Å². The number of amides is 1. The smallest absolute Gasteiger partial charge is 0.231 e. The summed E-state index contributed by atoms with van der Waals surface area (Å²) in [6, 6.07) is 8.13. The molecule has 5 nitrogen and oxygen atoms in total. The molecule has 1 N–H and O–H groups in total. The molecule has 1 fully saturated rings. The average Bonchev–Trinajstić information content (AvgIpc) is 3.23. The van der Waals surface area contributed by atoms with Crippen molar-refractivity contribution in [2.75, 3.05) is 6.54 Å². The van der Waals surface area contributed by atoms with Gasteiger partial charge in [0.2, 0.25) is 5.91 Å². The summed E-state index contributed by atoms with van der Waals surface area (Å²) in [7, 11) is 0. The number of thioether (sulfide) groups is 1. The first-order valence-corrected chi connectivity index (χ1v) is 13.1. The third kappa shape index (κ3) is 5.70. The maximum atomic E-state index is 13.1. The number of allylic oxidation sites excluding steroid dienone is 1. The zero-order chi connectivity index (χ0) is 23.2. The number of carbonyl (C=O) groups is 3. The van der Waals surface area contributed by atoms with E-state index in [1.807, 2.05) is 0 Å². The largest absolute Gasteiger partial charge is 0.302 e. The molecule has 0 saturated carbocycles. The minimum absolute atomic E-state index is 0.0859. The van der Waals surface area contributed by atoms with Gasteiger partial charge in [0.05, 0.1) is 17.7 Å². The van der Waals surface area contributed by atoms with Crippen LogP contribution in [0.25, 0.3) is 0 Å². The lowest BCUT2D eigenvalue weighted by Crippen LogP contribution is -2.39. The Kier molecular flexibility index (Phi) is 8.28. The van der Waals surface area contributed by atoms with Crippen LogP contribution < -0.4 is 5.32 Å². The number of nitrogens with one attached hydrogen (secondary N) is 1. The van der Waals surface area contributed by atoms with Gasteiger partial charge in [-0.1, -0.05) is 55.7 Å². The van der Waals surface area contributed by atoms with Crippen LogP contribution in [0.15, 0.2) is 47.0 Å². The van der Waals surface area contributed by atoms with Crippen LogP contribution in [-0.4, -0.2) is 40.3 Å². The van der Waals surface area contributed by atoms with Gasteiger partial charge in [-0.2, -0.15) is 0 Å². The number of Topliss-reactive ketones (excluding diaryl/α,β-unsaturated/α-hetero) is 1. The number of ketones is 1. The van der Waals surface area contributed by atoms with E-state index in [0.717, 1.165) is 31.5 Å². The van der Waals surface area contributed by atoms with Crippen LogP contribution in [0.2, 0.25) is 0 Å². The SMILES string of the molecule is O=C[C@H]1NCC(=S)C1C(=O)C1=CSC=CN1C(=O)CCCCCC1CCc2ccccc2C1. The summed E-state index contributed by atoms with van der Waals surface area (Å²) in [5, 5.41) is 6.44. The summed E-state index contributed by atoms with van der Waals surface area (Å²) < 4.78 is 0. The zero-order valence-corrected chi connectivity index (χ0v) is 20.3. The Balaban J connectivity index is 1.24. The standard InChI is InChI=1S/C26H30N2O3S2/c29-16-21-25(23(32)15-27-21)26(31)22-17-33-13-12-28(22)24(30)9-3-1-2-6-18-10-11-19-7-4-5-8-20(19)14-18/h4-5,7-8,12-13,16-18,21,25,27H,1-3,6,9-11,14-15H2/t18?,21-,25?/m1/s1. The number of benzene rings is 1. The summed E-state index contributed by atoms with van der Waals surface area (Å²) in [5.74, 6) is -0.298. The van der Waals surface area contributed by atoms with Crippen LogP contribution in [0.1, 0.15) is 49.7 Å². The first-order chi connectivity index (χ1) is 16.1. The van der Waals surface area contributed by atoms with Crippen molar-refractivity contribution in [1.29, 1.82) is 0 Å². The van der Waals surface area contributed by atoms with E-state index < -0.39 is 12.0 Å². The van der Waals surface area contributed by atoms with Gasteiger partial charge in [-0.05, 0) is 48.1 Å². The minimum atomic E-state index is -0.688. The van der Waals surface area contributed by atoms with Gasteiger partial charge >= 0.3 is 0 Å². The summed E-state index contributed by atoms with van der Waals surface area (Å²) in [5.41, 5.74) is 3.31. The van der Waals surface area contributed by atoms with E-state index in [1.165, 1.54) is 53.5 Å². The zero-order valence-electron chi connectivity index (χ0n) is 18.7. The van der Waals surface area contributed by atoms with Gasteiger partial charge in [0, 0.05) is 29.4 Å². The number of hydrogen-bond donors (Lipinski definition) is 1. The molecule has 0 bridgehead atoms. The molecule has 2 aliphatic heterocycles. The topological polar surface area (TPSA) is 66.5 Å². The molecule has 33 heavy (non-hydrogen) atoms. The van der Waals surface area contributed by atoms with E-state index >= 15 is 0 Å². The number of unbranched alkanes of at least 4 members (excludes halogenated alkanes) is 2. The lowest BCUT2D eigenvalue weighted by atomic mass is 9.81. The number of rotatable bonds is 9. The van der Waals surface area contributed by atoms with E-state index in [-0.39, 0.29) is 11.7 Å². The molecule has 1 amide bonds. The Bertz CT molecular complexity index is 988. The van der Waals surface area contributed by atoms with E-state index in [9.17, 15) is 14.4 Å². The Morgan fingerprint density at radius 3 is 2.82 bits per heavy atom. The fraction of sp³-hybridized carbons (Fsp3) is 0.462. The van der Waals surface area contributed by atoms with Gasteiger partial charge in [-0.3, -0.25) is 14.5 Å². The molecule has 1 aliphatic carbocycles. The second-order valence-electron chi connectivity index (χ2n) is 9.02. The molecule has 3 aliphatic rings. The number of hydrogen-bond acceptors (Lipinski definition) is 6. The molecular weight excluding hydrogens is 452 g/mol. The van der Waals surface area contributed by atoms with Crippen molar-refractivity contribution in [3.8, 4) is 0 Å². The predicted octanol–water partition coefficient (Wildman–Crippen LogP) is 4.36. The van der Waals surface area contributed by atoms with Crippen LogP contribution in [-0.2, 0) is 27.2 Å². The van der Waals surface area contributed by atoms with E-state index in [0.29, 0.717) is 23.5 Å². The van der Waals surface area contributed by atoms with Gasteiger partial charge in [-0.15, -0.1) is 11.8 Å². The Morgan fingerprint density at radius 1 is 1.18 bits per heavy atom. The maximum absolute atomic E-state index is 13.1. The van der Waals surface area contributed by atoms with E-state index in [1.54, 1.807) is 17.0 Å². The van der Waals surface area contributed by atoms with Crippen molar-refractivity contribution < 1.29 is 14.4 Å². The van der Waals surface area contributed by atoms with Crippen molar-refractivity contribution >= 4 is 46.8 Å². The highest BCUT2D eigenvalue weighted by Gasteiger charge is 2.40. The van der Waals surface area contributed by atoms with Crippen LogP contribution >= 0.6 is 24.0 Å². The minimum Gasteiger partial charge on any atom is -0.302 e. The first-order valence-electron chi connectivity index (χ1n) is 11.7. The summed E-state index contributed by atoms with van der Waals surface area (Å²) >= 11 is 6.67. The molecule has 0 aromatic heterocycles. The quantitative estimate of drug-likeness (QED) is 0.321. The van der Waals surface area contributed by atoms with Crippen molar-refractivity contribution in [3.63, 3.8) is 0 Å². The highest BCUT2D eigenvalue weighted by Crippen LogP contribution is 2.30. The predicted molar refractivity (Wildman–Crippen MR) is 136 cm³/mol. The van der Waals surface area contributed by atoms with Crippen LogP contribution in [0.3, 0.4) is 0 Å². The fourth-order valence-corrected chi connectivity index (χ4v) is 5.97. The summed E-state index contributed by atoms with van der Waals surface area (Å²) in [4.78, 5) is 39.4. The third-order valence-corrected chi connectivity index (χ3v) is 7.88. The number of nitrogens with zero attached hydrogens (tertiary/aromatic N) is 1. The second kappa shape index (κ2) is 11.4. The monoisotopic (exact) mass is 482 g/mol. The van der Waals surface area contributed by atoms with Gasteiger partial charge < -0.3 is 10.1 Å². The number of aryl methyl sites for hydroxylation is 1. The Hall–Kier alpha value is -2.09. The van der Waals surface area contributed by atoms with Crippen LogP contribution in [0.4, 0.5) is 0 Å². The van der Waals surface area contributed by atoms with Gasteiger partial charge in [0.25, 0.3) is 0 Å². The summed E-state index contributed by atoms with van der Waals surface area (Å²) in [6.45, 7) is 0.367. The molecule has 174 valence electrons. The van der Waals surface area contributed by atoms with Crippen molar-refractivity contribution in [2.45, 2.75) is 57.4 Å². The number of thiocarbonyl (C=S) groups is 1. The lowest BCUT2D eigenvalue weighted by Gasteiger charge is -2.26. The molecule has 0 spiro atoms. The van der Waals surface area contributed by atoms with Crippen molar-refractivity contribution in [3.05, 3.63) is 58.1 Å². The summed E-state index contributed by atoms with van der Waals surface area (Å²) in [6.07, 6.45) is 10.5. The van der Waals surface area contributed by atoms with Gasteiger partial charge in [0.1, 0.15) is 6.29 Å². The molecule has 1 aromatic rings. The molecule has 3 atom stereocenters. The Morgan fingerprint density at radius 2 is 2.00 bits per heavy atom. The third-order valence-electron chi connectivity index (χ3n) is 6.85. The molecular formula is C26H30N2O3S2. The Labute approximate surface area is 205 Å². The number of fused-ring (bicyclic) bond motifs is 1. The molecule has 2 unspecified atom stereocenters.